The van der Waals surface area contributed by atoms with Gasteiger partial charge in [-0.25, -0.2) is 5.01 Å². The van der Waals surface area contributed by atoms with Gasteiger partial charge in [0.25, 0.3) is 5.91 Å². The van der Waals surface area contributed by atoms with Crippen LogP contribution in [0.25, 0.3) is 10.8 Å². The van der Waals surface area contributed by atoms with Gasteiger partial charge < -0.3 is 9.84 Å². The Balaban J connectivity index is 1.66. The van der Waals surface area contributed by atoms with Gasteiger partial charge in [-0.15, -0.1) is 0 Å². The van der Waals surface area contributed by atoms with Crippen molar-refractivity contribution in [3.63, 3.8) is 0 Å². The minimum atomic E-state index is -0.188. The quantitative estimate of drug-likeness (QED) is 0.686. The smallest absolute Gasteiger partial charge is 0.258 e. The fourth-order valence-electron chi connectivity index (χ4n) is 4.00. The number of carbonyl (C=O) groups is 1. The van der Waals surface area contributed by atoms with E-state index in [4.69, 9.17) is 9.84 Å². The highest BCUT2D eigenvalue weighted by Gasteiger charge is 2.37. The maximum absolute atomic E-state index is 11.8. The number of thioether (sulfide) groups is 1. The molecule has 0 aliphatic carbocycles. The highest BCUT2D eigenvalue weighted by molar-refractivity contribution is 8.14. The third-order valence-electron chi connectivity index (χ3n) is 5.34. The number of phenolic OH excluding ortho intramolecular Hbond substituents is 1. The van der Waals surface area contributed by atoms with Gasteiger partial charge in [-0.1, -0.05) is 60.3 Å². The molecule has 3 aromatic carbocycles. The number of benzene rings is 3. The van der Waals surface area contributed by atoms with Gasteiger partial charge in [0.1, 0.15) is 11.5 Å². The second-order valence-electron chi connectivity index (χ2n) is 7.11. The van der Waals surface area contributed by atoms with Crippen LogP contribution in [-0.4, -0.2) is 39.8 Å². The lowest BCUT2D eigenvalue weighted by molar-refractivity contribution is -0.115. The third-order valence-corrected chi connectivity index (χ3v) is 6.27. The van der Waals surface area contributed by atoms with E-state index in [-0.39, 0.29) is 17.7 Å². The second kappa shape index (κ2) is 7.50. The lowest BCUT2D eigenvalue weighted by Gasteiger charge is -2.24. The molecule has 2 aliphatic heterocycles. The van der Waals surface area contributed by atoms with Crippen molar-refractivity contribution in [2.24, 2.45) is 10.1 Å². The van der Waals surface area contributed by atoms with Gasteiger partial charge in [0.05, 0.1) is 24.6 Å². The van der Waals surface area contributed by atoms with Gasteiger partial charge in [-0.3, -0.25) is 4.79 Å². The van der Waals surface area contributed by atoms with E-state index in [1.165, 1.54) is 11.8 Å². The summed E-state index contributed by atoms with van der Waals surface area (Å²) in [6, 6.07) is 19.1. The van der Waals surface area contributed by atoms with E-state index in [9.17, 15) is 9.90 Å². The minimum Gasteiger partial charge on any atom is -0.507 e. The Morgan fingerprint density at radius 2 is 1.90 bits per heavy atom. The maximum Gasteiger partial charge on any atom is 0.258 e. The molecule has 1 unspecified atom stereocenters. The molecule has 1 atom stereocenters. The minimum absolute atomic E-state index is 0.162. The van der Waals surface area contributed by atoms with Crippen LogP contribution in [0.5, 0.6) is 11.5 Å². The molecule has 3 aromatic rings. The van der Waals surface area contributed by atoms with Gasteiger partial charge >= 0.3 is 0 Å². The van der Waals surface area contributed by atoms with E-state index >= 15 is 0 Å². The predicted octanol–water partition coefficient (Wildman–Crippen LogP) is 4.33. The molecule has 2 heterocycles. The molecule has 0 saturated carbocycles. The summed E-state index contributed by atoms with van der Waals surface area (Å²) in [5.74, 6) is 1.09. The molecular weight excluding hydrogens is 398 g/mol. The summed E-state index contributed by atoms with van der Waals surface area (Å²) < 4.78 is 5.58. The number of hydrazone groups is 1. The Morgan fingerprint density at radius 3 is 2.70 bits per heavy atom. The predicted molar refractivity (Wildman–Crippen MR) is 119 cm³/mol. The Labute approximate surface area is 177 Å². The Kier molecular flexibility index (Phi) is 4.67. The molecule has 0 fully saturated rings. The average molecular weight is 417 g/mol. The standard InChI is InChI=1S/C23H19N3O3S/c1-29-20-9-5-4-8-16(20)18-12-17(25-26(18)23-24-21(28)13-30-23)22-15-7-3-2-6-14(15)10-11-19(22)27/h2-11,18,27H,12-13H2,1H3. The monoisotopic (exact) mass is 417 g/mol. The van der Waals surface area contributed by atoms with Crippen LogP contribution in [-0.2, 0) is 4.79 Å². The van der Waals surface area contributed by atoms with Crippen LogP contribution >= 0.6 is 11.8 Å². The lowest BCUT2D eigenvalue weighted by Crippen LogP contribution is -2.24. The van der Waals surface area contributed by atoms with E-state index in [1.54, 1.807) is 18.2 Å². The van der Waals surface area contributed by atoms with E-state index in [1.807, 2.05) is 54.6 Å². The summed E-state index contributed by atoms with van der Waals surface area (Å²) in [6.45, 7) is 0. The van der Waals surface area contributed by atoms with Crippen molar-refractivity contribution in [1.29, 1.82) is 0 Å². The fourth-order valence-corrected chi connectivity index (χ4v) is 4.78. The first-order valence-electron chi connectivity index (χ1n) is 9.60. The van der Waals surface area contributed by atoms with Crippen molar-refractivity contribution in [3.05, 3.63) is 71.8 Å². The molecule has 150 valence electrons. The highest BCUT2D eigenvalue weighted by atomic mass is 32.2. The van der Waals surface area contributed by atoms with Crippen molar-refractivity contribution in [2.45, 2.75) is 12.5 Å². The van der Waals surface area contributed by atoms with Gasteiger partial charge in [-0.2, -0.15) is 10.1 Å². The summed E-state index contributed by atoms with van der Waals surface area (Å²) in [4.78, 5) is 16.0. The van der Waals surface area contributed by atoms with E-state index in [2.05, 4.69) is 4.99 Å². The maximum atomic E-state index is 11.8. The van der Waals surface area contributed by atoms with Crippen LogP contribution in [0.3, 0.4) is 0 Å². The van der Waals surface area contributed by atoms with Crippen LogP contribution < -0.4 is 4.74 Å². The first-order chi connectivity index (χ1) is 14.7. The van der Waals surface area contributed by atoms with E-state index < -0.39 is 0 Å². The Morgan fingerprint density at radius 1 is 1.10 bits per heavy atom. The zero-order valence-electron chi connectivity index (χ0n) is 16.3. The summed E-state index contributed by atoms with van der Waals surface area (Å²) in [5, 5.41) is 19.9. The van der Waals surface area contributed by atoms with Crippen LogP contribution in [0.2, 0.25) is 0 Å². The summed E-state index contributed by atoms with van der Waals surface area (Å²) in [6.07, 6.45) is 0.551. The number of carbonyl (C=O) groups excluding carboxylic acids is 1. The zero-order valence-corrected chi connectivity index (χ0v) is 17.1. The number of amides is 1. The largest absolute Gasteiger partial charge is 0.507 e. The molecule has 0 spiro atoms. The van der Waals surface area contributed by atoms with Gasteiger partial charge in [0.2, 0.25) is 0 Å². The molecule has 0 saturated heterocycles. The van der Waals surface area contributed by atoms with Gasteiger partial charge in [0, 0.05) is 17.5 Å². The molecule has 0 bridgehead atoms. The number of fused-ring (bicyclic) bond motifs is 1. The van der Waals surface area contributed by atoms with Gasteiger partial charge in [-0.05, 0) is 22.9 Å². The zero-order chi connectivity index (χ0) is 20.7. The number of hydrogen-bond acceptors (Lipinski definition) is 6. The van der Waals surface area contributed by atoms with Crippen molar-refractivity contribution in [2.75, 3.05) is 12.9 Å². The number of para-hydroxylation sites is 1. The van der Waals surface area contributed by atoms with E-state index in [0.29, 0.717) is 22.9 Å². The van der Waals surface area contributed by atoms with Crippen LogP contribution in [0.1, 0.15) is 23.6 Å². The van der Waals surface area contributed by atoms with Crippen molar-refractivity contribution >= 4 is 39.3 Å². The number of ether oxygens (including phenoxy) is 1. The van der Waals surface area contributed by atoms with Crippen LogP contribution in [0.4, 0.5) is 0 Å². The lowest BCUT2D eigenvalue weighted by atomic mass is 9.94. The topological polar surface area (TPSA) is 74.5 Å². The number of amidine groups is 1. The summed E-state index contributed by atoms with van der Waals surface area (Å²) in [7, 11) is 1.64. The molecular formula is C23H19N3O3S. The number of aromatic hydroxyl groups is 1. The summed E-state index contributed by atoms with van der Waals surface area (Å²) in [5.41, 5.74) is 2.43. The molecule has 30 heavy (non-hydrogen) atoms. The van der Waals surface area contributed by atoms with Crippen molar-refractivity contribution < 1.29 is 14.6 Å². The average Bonchev–Trinajstić information content (AvgIpc) is 3.40. The SMILES string of the molecule is COc1ccccc1C1CC(c2c(O)ccc3ccccc23)=NN1C1=NC(=O)CS1. The van der Waals surface area contributed by atoms with Crippen molar-refractivity contribution in [3.8, 4) is 11.5 Å². The second-order valence-corrected chi connectivity index (χ2v) is 8.05. The highest BCUT2D eigenvalue weighted by Crippen LogP contribution is 2.42. The van der Waals surface area contributed by atoms with Gasteiger partial charge in [0.15, 0.2) is 5.17 Å². The van der Waals surface area contributed by atoms with E-state index in [0.717, 1.165) is 27.8 Å². The molecule has 6 nitrogen and oxygen atoms in total. The molecule has 2 aliphatic rings. The molecule has 1 N–H and O–H groups in total. The molecule has 0 radical (unpaired) electrons. The Hall–Kier alpha value is -3.32. The molecule has 0 aromatic heterocycles. The third kappa shape index (κ3) is 3.11. The number of hydrogen-bond donors (Lipinski definition) is 1. The molecule has 5 rings (SSSR count). The van der Waals surface area contributed by atoms with Crippen LogP contribution in [0.15, 0.2) is 70.8 Å². The number of phenols is 1. The normalized spacial score (nSPS) is 18.6. The first kappa shape index (κ1) is 18.7. The summed E-state index contributed by atoms with van der Waals surface area (Å²) >= 11 is 1.38. The number of methoxy groups -OCH3 is 1. The molecule has 1 amide bonds. The number of nitrogens with zero attached hydrogens (tertiary/aromatic N) is 3. The number of rotatable bonds is 3. The Bertz CT molecular complexity index is 1220. The van der Waals surface area contributed by atoms with Crippen LogP contribution in [0, 0.1) is 0 Å². The van der Waals surface area contributed by atoms with Crippen molar-refractivity contribution in [1.82, 2.24) is 5.01 Å². The molecule has 7 heteroatoms. The first-order valence-corrected chi connectivity index (χ1v) is 10.6. The number of aliphatic imine (C=N–C) groups is 1. The fraction of sp³-hybridized carbons (Fsp3) is 0.174.